The highest BCUT2D eigenvalue weighted by atomic mass is 16.5. The molecule has 2 N–H and O–H groups in total. The molecule has 1 rings (SSSR count). The Morgan fingerprint density at radius 2 is 1.94 bits per heavy atom. The Hall–Kier alpha value is -1.06. The Balaban J connectivity index is 2.21. The lowest BCUT2D eigenvalue weighted by Gasteiger charge is -2.10. The van der Waals surface area contributed by atoms with Gasteiger partial charge in [0.2, 0.25) is 0 Å². The van der Waals surface area contributed by atoms with Crippen LogP contribution in [0.25, 0.3) is 0 Å². The van der Waals surface area contributed by atoms with E-state index in [0.29, 0.717) is 26.4 Å². The first-order valence-electron chi connectivity index (χ1n) is 5.87. The van der Waals surface area contributed by atoms with Gasteiger partial charge in [0.1, 0.15) is 5.75 Å². The first-order chi connectivity index (χ1) is 7.88. The quantitative estimate of drug-likeness (QED) is 0.685. The summed E-state index contributed by atoms with van der Waals surface area (Å²) in [5.41, 5.74) is 6.57. The zero-order chi connectivity index (χ0) is 11.6. The molecule has 0 unspecified atom stereocenters. The van der Waals surface area contributed by atoms with Gasteiger partial charge in [0, 0.05) is 19.6 Å². The van der Waals surface area contributed by atoms with Gasteiger partial charge in [0.25, 0.3) is 0 Å². The van der Waals surface area contributed by atoms with Crippen LogP contribution in [0.4, 0.5) is 0 Å². The number of para-hydroxylation sites is 1. The van der Waals surface area contributed by atoms with E-state index < -0.39 is 0 Å². The van der Waals surface area contributed by atoms with Crippen molar-refractivity contribution in [2.45, 2.75) is 19.8 Å². The maximum Gasteiger partial charge on any atom is 0.122 e. The van der Waals surface area contributed by atoms with Gasteiger partial charge in [-0.15, -0.1) is 0 Å². The molecule has 16 heavy (non-hydrogen) atoms. The molecule has 3 heteroatoms. The fourth-order valence-corrected chi connectivity index (χ4v) is 1.47. The Morgan fingerprint density at radius 1 is 1.12 bits per heavy atom. The molecule has 90 valence electrons. The van der Waals surface area contributed by atoms with Crippen molar-refractivity contribution in [2.75, 3.05) is 26.4 Å². The van der Waals surface area contributed by atoms with Gasteiger partial charge < -0.3 is 15.2 Å². The zero-order valence-electron chi connectivity index (χ0n) is 9.95. The number of ether oxygens (including phenoxy) is 2. The first kappa shape index (κ1) is 13.0. The fourth-order valence-electron chi connectivity index (χ4n) is 1.47. The lowest BCUT2D eigenvalue weighted by atomic mass is 10.1. The summed E-state index contributed by atoms with van der Waals surface area (Å²) in [5, 5.41) is 0. The third-order valence-electron chi connectivity index (χ3n) is 2.31. The Bertz CT molecular complexity index is 289. The van der Waals surface area contributed by atoms with E-state index in [-0.39, 0.29) is 0 Å². The van der Waals surface area contributed by atoms with Crippen LogP contribution in [-0.2, 0) is 11.2 Å². The van der Waals surface area contributed by atoms with Crippen LogP contribution < -0.4 is 10.5 Å². The minimum Gasteiger partial charge on any atom is -0.493 e. The van der Waals surface area contributed by atoms with Crippen LogP contribution in [0.2, 0.25) is 0 Å². The Labute approximate surface area is 97.6 Å². The van der Waals surface area contributed by atoms with E-state index in [1.807, 2.05) is 18.2 Å². The van der Waals surface area contributed by atoms with Gasteiger partial charge in [0.15, 0.2) is 0 Å². The maximum absolute atomic E-state index is 5.70. The molecular formula is C13H21NO2. The third-order valence-corrected chi connectivity index (χ3v) is 2.31. The predicted octanol–water partition coefficient (Wildman–Crippen LogP) is 1.99. The van der Waals surface area contributed by atoms with Crippen LogP contribution in [-0.4, -0.2) is 26.4 Å². The summed E-state index contributed by atoms with van der Waals surface area (Å²) >= 11 is 0. The van der Waals surface area contributed by atoms with Gasteiger partial charge in [-0.05, 0) is 18.1 Å². The molecule has 0 aliphatic carbocycles. The first-order valence-corrected chi connectivity index (χ1v) is 5.87. The highest BCUT2D eigenvalue weighted by Gasteiger charge is 1.99. The summed E-state index contributed by atoms with van der Waals surface area (Å²) in [6.45, 7) is 4.75. The van der Waals surface area contributed by atoms with E-state index in [9.17, 15) is 0 Å². The molecule has 3 nitrogen and oxygen atoms in total. The average molecular weight is 223 g/mol. The molecule has 0 bridgehead atoms. The van der Waals surface area contributed by atoms with Crippen molar-refractivity contribution in [1.29, 1.82) is 0 Å². The largest absolute Gasteiger partial charge is 0.493 e. The van der Waals surface area contributed by atoms with E-state index >= 15 is 0 Å². The molecule has 0 atom stereocenters. The summed E-state index contributed by atoms with van der Waals surface area (Å²) in [6.07, 6.45) is 1.90. The van der Waals surface area contributed by atoms with Crippen LogP contribution in [0.3, 0.4) is 0 Å². The summed E-state index contributed by atoms with van der Waals surface area (Å²) in [7, 11) is 0. The standard InChI is InChI=1S/C13H21NO2/c1-2-12-6-3-4-7-13(12)16-10-5-9-15-11-8-14/h3-4,6-7H,2,5,8-11,14H2,1H3. The second kappa shape index (κ2) is 8.13. The van der Waals surface area contributed by atoms with Crippen molar-refractivity contribution in [3.63, 3.8) is 0 Å². The molecule has 1 aromatic rings. The van der Waals surface area contributed by atoms with E-state index in [1.54, 1.807) is 0 Å². The smallest absolute Gasteiger partial charge is 0.122 e. The highest BCUT2D eigenvalue weighted by Crippen LogP contribution is 2.18. The van der Waals surface area contributed by atoms with Crippen molar-refractivity contribution in [3.8, 4) is 5.75 Å². The molecule has 0 spiro atoms. The predicted molar refractivity (Wildman–Crippen MR) is 65.8 cm³/mol. The molecule has 0 aliphatic heterocycles. The number of aryl methyl sites for hydroxylation is 1. The fraction of sp³-hybridized carbons (Fsp3) is 0.538. The van der Waals surface area contributed by atoms with Crippen molar-refractivity contribution >= 4 is 0 Å². The monoisotopic (exact) mass is 223 g/mol. The summed E-state index contributed by atoms with van der Waals surface area (Å²) < 4.78 is 11.0. The van der Waals surface area contributed by atoms with Gasteiger partial charge in [-0.1, -0.05) is 25.1 Å². The molecule has 0 fully saturated rings. The maximum atomic E-state index is 5.70. The second-order valence-corrected chi connectivity index (χ2v) is 3.56. The van der Waals surface area contributed by atoms with Gasteiger partial charge in [-0.2, -0.15) is 0 Å². The molecule has 1 aromatic carbocycles. The van der Waals surface area contributed by atoms with Crippen molar-refractivity contribution in [3.05, 3.63) is 29.8 Å². The van der Waals surface area contributed by atoms with Crippen molar-refractivity contribution in [1.82, 2.24) is 0 Å². The molecule has 0 radical (unpaired) electrons. The van der Waals surface area contributed by atoms with Crippen LogP contribution in [0, 0.1) is 0 Å². The van der Waals surface area contributed by atoms with Gasteiger partial charge >= 0.3 is 0 Å². The molecule has 0 heterocycles. The van der Waals surface area contributed by atoms with Crippen LogP contribution in [0.5, 0.6) is 5.75 Å². The highest BCUT2D eigenvalue weighted by molar-refractivity contribution is 5.33. The lowest BCUT2D eigenvalue weighted by Crippen LogP contribution is -2.10. The number of nitrogens with two attached hydrogens (primary N) is 1. The summed E-state index contributed by atoms with van der Waals surface area (Å²) in [6, 6.07) is 8.15. The van der Waals surface area contributed by atoms with Gasteiger partial charge in [-0.3, -0.25) is 0 Å². The molecule has 0 aromatic heterocycles. The minimum absolute atomic E-state index is 0.583. The second-order valence-electron chi connectivity index (χ2n) is 3.56. The van der Waals surface area contributed by atoms with Crippen LogP contribution in [0.1, 0.15) is 18.9 Å². The number of rotatable bonds is 8. The summed E-state index contributed by atoms with van der Waals surface area (Å²) in [4.78, 5) is 0. The van der Waals surface area contributed by atoms with Crippen LogP contribution in [0.15, 0.2) is 24.3 Å². The molecule has 0 aliphatic rings. The van der Waals surface area contributed by atoms with E-state index in [0.717, 1.165) is 18.6 Å². The minimum atomic E-state index is 0.583. The Morgan fingerprint density at radius 3 is 2.69 bits per heavy atom. The van der Waals surface area contributed by atoms with Crippen molar-refractivity contribution < 1.29 is 9.47 Å². The number of hydrogen-bond donors (Lipinski definition) is 1. The molecule has 0 saturated carbocycles. The number of benzene rings is 1. The molecule has 0 saturated heterocycles. The van der Waals surface area contributed by atoms with Gasteiger partial charge in [0.05, 0.1) is 13.2 Å². The number of hydrogen-bond acceptors (Lipinski definition) is 3. The average Bonchev–Trinajstić information content (AvgIpc) is 2.34. The normalized spacial score (nSPS) is 10.4. The third kappa shape index (κ3) is 4.64. The van der Waals surface area contributed by atoms with Crippen molar-refractivity contribution in [2.24, 2.45) is 5.73 Å². The van der Waals surface area contributed by atoms with Gasteiger partial charge in [-0.25, -0.2) is 0 Å². The van der Waals surface area contributed by atoms with E-state index in [4.69, 9.17) is 15.2 Å². The SMILES string of the molecule is CCc1ccccc1OCCCOCCN. The zero-order valence-corrected chi connectivity index (χ0v) is 9.95. The molecule has 0 amide bonds. The van der Waals surface area contributed by atoms with E-state index in [1.165, 1.54) is 5.56 Å². The van der Waals surface area contributed by atoms with E-state index in [2.05, 4.69) is 13.0 Å². The summed E-state index contributed by atoms with van der Waals surface area (Å²) in [5.74, 6) is 0.990. The Kier molecular flexibility index (Phi) is 6.61. The topological polar surface area (TPSA) is 44.5 Å². The lowest BCUT2D eigenvalue weighted by molar-refractivity contribution is 0.125. The van der Waals surface area contributed by atoms with Crippen LogP contribution >= 0.6 is 0 Å². The molecular weight excluding hydrogens is 202 g/mol.